The Morgan fingerprint density at radius 1 is 1.43 bits per heavy atom. The minimum absolute atomic E-state index is 0.0681. The van der Waals surface area contributed by atoms with Crippen LogP contribution in [0.2, 0.25) is 0 Å². The Kier molecular flexibility index (Phi) is 4.57. The van der Waals surface area contributed by atoms with Crippen LogP contribution in [0.3, 0.4) is 0 Å². The van der Waals surface area contributed by atoms with Gasteiger partial charge in [-0.05, 0) is 29.9 Å². The van der Waals surface area contributed by atoms with Crippen molar-refractivity contribution in [2.45, 2.75) is 45.0 Å². The van der Waals surface area contributed by atoms with Gasteiger partial charge in [-0.1, -0.05) is 13.8 Å². The van der Waals surface area contributed by atoms with Crippen molar-refractivity contribution in [1.29, 1.82) is 0 Å². The van der Waals surface area contributed by atoms with Crippen molar-refractivity contribution in [2.75, 3.05) is 6.61 Å². The molecule has 0 radical (unpaired) electrons. The van der Waals surface area contributed by atoms with Crippen LogP contribution in [-0.4, -0.2) is 34.4 Å². The van der Waals surface area contributed by atoms with E-state index in [1.54, 1.807) is 6.07 Å². The molecule has 0 spiro atoms. The standard InChI is InChI=1S/C15H19F3N2O3/c1-13(2)7-14(22,8-13)12(21)20-6-10-3-4-19-11(5-10)23-9-15(16,17)18/h3-5,22H,6-9H2,1-2H3,(H,20,21). The number of pyridine rings is 1. The summed E-state index contributed by atoms with van der Waals surface area (Å²) in [5, 5.41) is 12.7. The van der Waals surface area contributed by atoms with Crippen LogP contribution in [-0.2, 0) is 11.3 Å². The predicted molar refractivity (Wildman–Crippen MR) is 75.6 cm³/mol. The van der Waals surface area contributed by atoms with E-state index in [0.29, 0.717) is 18.4 Å². The second kappa shape index (κ2) is 5.99. The highest BCUT2D eigenvalue weighted by Gasteiger charge is 2.52. The van der Waals surface area contributed by atoms with Crippen LogP contribution in [0.15, 0.2) is 18.3 Å². The molecule has 2 N–H and O–H groups in total. The molecule has 0 aliphatic heterocycles. The number of nitrogens with zero attached hydrogens (tertiary/aromatic N) is 1. The van der Waals surface area contributed by atoms with E-state index >= 15 is 0 Å². The lowest BCUT2D eigenvalue weighted by Crippen LogP contribution is -2.58. The maximum absolute atomic E-state index is 12.1. The maximum Gasteiger partial charge on any atom is 0.422 e. The monoisotopic (exact) mass is 332 g/mol. The van der Waals surface area contributed by atoms with Gasteiger partial charge in [0.15, 0.2) is 6.61 Å². The zero-order valence-electron chi connectivity index (χ0n) is 12.9. The topological polar surface area (TPSA) is 71.5 Å². The number of aromatic nitrogens is 1. The van der Waals surface area contributed by atoms with Crippen molar-refractivity contribution < 1.29 is 27.8 Å². The first-order chi connectivity index (χ1) is 10.5. The molecular formula is C15H19F3N2O3. The number of carbonyl (C=O) groups is 1. The van der Waals surface area contributed by atoms with Gasteiger partial charge in [-0.2, -0.15) is 13.2 Å². The van der Waals surface area contributed by atoms with Crippen LogP contribution in [0.1, 0.15) is 32.3 Å². The summed E-state index contributed by atoms with van der Waals surface area (Å²) in [6, 6.07) is 2.87. The normalized spacial score (nSPS) is 18.9. The third kappa shape index (κ3) is 4.82. The van der Waals surface area contributed by atoms with E-state index in [1.165, 1.54) is 12.3 Å². The molecule has 1 amide bonds. The molecule has 1 fully saturated rings. The minimum atomic E-state index is -4.44. The zero-order valence-corrected chi connectivity index (χ0v) is 12.9. The number of amides is 1. The first-order valence-electron chi connectivity index (χ1n) is 7.14. The molecule has 1 aliphatic rings. The number of ether oxygens (including phenoxy) is 1. The van der Waals surface area contributed by atoms with Gasteiger partial charge in [-0.3, -0.25) is 4.79 Å². The average molecular weight is 332 g/mol. The van der Waals surface area contributed by atoms with Crippen molar-refractivity contribution in [3.05, 3.63) is 23.9 Å². The Hall–Kier alpha value is -1.83. The summed E-state index contributed by atoms with van der Waals surface area (Å²) in [6.07, 6.45) is -2.38. The van der Waals surface area contributed by atoms with E-state index in [2.05, 4.69) is 15.0 Å². The summed E-state index contributed by atoms with van der Waals surface area (Å²) in [5.74, 6) is -0.649. The third-order valence-corrected chi connectivity index (χ3v) is 3.60. The highest BCUT2D eigenvalue weighted by atomic mass is 19.4. The molecule has 1 aromatic rings. The van der Waals surface area contributed by atoms with E-state index in [0.717, 1.165) is 0 Å². The van der Waals surface area contributed by atoms with Gasteiger partial charge in [0, 0.05) is 18.8 Å². The number of nitrogens with one attached hydrogen (secondary N) is 1. The van der Waals surface area contributed by atoms with Gasteiger partial charge in [0.05, 0.1) is 0 Å². The molecular weight excluding hydrogens is 313 g/mol. The molecule has 0 aromatic carbocycles. The highest BCUT2D eigenvalue weighted by molar-refractivity contribution is 5.86. The van der Waals surface area contributed by atoms with Gasteiger partial charge in [0.25, 0.3) is 5.91 Å². The predicted octanol–water partition coefficient (Wildman–Crippen LogP) is 2.19. The number of hydrogen-bond acceptors (Lipinski definition) is 4. The van der Waals surface area contributed by atoms with Gasteiger partial charge in [0.2, 0.25) is 5.88 Å². The van der Waals surface area contributed by atoms with Gasteiger partial charge >= 0.3 is 6.18 Å². The molecule has 1 aliphatic carbocycles. The Morgan fingerprint density at radius 2 is 2.09 bits per heavy atom. The number of rotatable bonds is 5. The Labute approximate surface area is 131 Å². The van der Waals surface area contributed by atoms with Crippen LogP contribution in [0.4, 0.5) is 13.2 Å². The fraction of sp³-hybridized carbons (Fsp3) is 0.600. The summed E-state index contributed by atoms with van der Waals surface area (Å²) in [6.45, 7) is 2.57. The fourth-order valence-corrected chi connectivity index (χ4v) is 2.83. The number of hydrogen-bond donors (Lipinski definition) is 2. The van der Waals surface area contributed by atoms with E-state index in [4.69, 9.17) is 0 Å². The first kappa shape index (κ1) is 17.5. The smallest absolute Gasteiger partial charge is 0.422 e. The van der Waals surface area contributed by atoms with E-state index in [-0.39, 0.29) is 17.8 Å². The van der Waals surface area contributed by atoms with Crippen LogP contribution < -0.4 is 10.1 Å². The lowest BCUT2D eigenvalue weighted by molar-refractivity contribution is -0.164. The molecule has 0 unspecified atom stereocenters. The van der Waals surface area contributed by atoms with Gasteiger partial charge in [-0.25, -0.2) is 4.98 Å². The SMILES string of the molecule is CC1(C)CC(O)(C(=O)NCc2ccnc(OCC(F)(F)F)c2)C1. The molecule has 128 valence electrons. The van der Waals surface area contributed by atoms with Gasteiger partial charge in [-0.15, -0.1) is 0 Å². The summed E-state index contributed by atoms with van der Waals surface area (Å²) in [4.78, 5) is 15.7. The molecule has 23 heavy (non-hydrogen) atoms. The highest BCUT2D eigenvalue weighted by Crippen LogP contribution is 2.47. The Bertz CT molecular complexity index is 580. The largest absolute Gasteiger partial charge is 0.468 e. The average Bonchev–Trinajstić information content (AvgIpc) is 2.40. The number of aliphatic hydroxyl groups is 1. The molecule has 1 aromatic heterocycles. The summed E-state index contributed by atoms with van der Waals surface area (Å²) >= 11 is 0. The number of carbonyl (C=O) groups excluding carboxylic acids is 1. The molecule has 8 heteroatoms. The first-order valence-corrected chi connectivity index (χ1v) is 7.14. The second-order valence-electron chi connectivity index (χ2n) is 6.64. The minimum Gasteiger partial charge on any atom is -0.468 e. The molecule has 5 nitrogen and oxygen atoms in total. The van der Waals surface area contributed by atoms with E-state index in [9.17, 15) is 23.1 Å². The Morgan fingerprint density at radius 3 is 2.65 bits per heavy atom. The fourth-order valence-electron chi connectivity index (χ4n) is 2.83. The zero-order chi connectivity index (χ0) is 17.3. The van der Waals surface area contributed by atoms with E-state index in [1.807, 2.05) is 13.8 Å². The summed E-state index contributed by atoms with van der Waals surface area (Å²) in [7, 11) is 0. The van der Waals surface area contributed by atoms with Crippen molar-refractivity contribution in [1.82, 2.24) is 10.3 Å². The third-order valence-electron chi connectivity index (χ3n) is 3.60. The van der Waals surface area contributed by atoms with Crippen molar-refractivity contribution in [2.24, 2.45) is 5.41 Å². The van der Waals surface area contributed by atoms with Crippen LogP contribution in [0.5, 0.6) is 5.88 Å². The van der Waals surface area contributed by atoms with E-state index < -0.39 is 24.3 Å². The Balaban J connectivity index is 1.88. The number of alkyl halides is 3. The molecule has 2 rings (SSSR count). The van der Waals surface area contributed by atoms with Crippen molar-refractivity contribution >= 4 is 5.91 Å². The lowest BCUT2D eigenvalue weighted by atomic mass is 9.61. The molecule has 0 saturated heterocycles. The van der Waals surface area contributed by atoms with Crippen LogP contribution in [0, 0.1) is 5.41 Å². The lowest BCUT2D eigenvalue weighted by Gasteiger charge is -2.48. The summed E-state index contributed by atoms with van der Waals surface area (Å²) in [5.41, 5.74) is -0.902. The maximum atomic E-state index is 12.1. The molecule has 1 saturated carbocycles. The second-order valence-corrected chi connectivity index (χ2v) is 6.64. The van der Waals surface area contributed by atoms with Gasteiger partial charge in [0.1, 0.15) is 5.60 Å². The van der Waals surface area contributed by atoms with Crippen LogP contribution in [0.25, 0.3) is 0 Å². The molecule has 0 atom stereocenters. The van der Waals surface area contributed by atoms with Crippen molar-refractivity contribution in [3.8, 4) is 5.88 Å². The van der Waals surface area contributed by atoms with Crippen LogP contribution >= 0.6 is 0 Å². The van der Waals surface area contributed by atoms with Crippen molar-refractivity contribution in [3.63, 3.8) is 0 Å². The molecule has 1 heterocycles. The van der Waals surface area contributed by atoms with Gasteiger partial charge < -0.3 is 15.2 Å². The quantitative estimate of drug-likeness (QED) is 0.867. The summed E-state index contributed by atoms with van der Waals surface area (Å²) < 4.78 is 40.8. The number of halogens is 3. The molecule has 0 bridgehead atoms.